The lowest BCUT2D eigenvalue weighted by Crippen LogP contribution is -2.69. The highest BCUT2D eigenvalue weighted by molar-refractivity contribution is 5.55. The summed E-state index contributed by atoms with van der Waals surface area (Å²) < 4.78 is 22.5. The van der Waals surface area contributed by atoms with Gasteiger partial charge in [-0.3, -0.25) is 9.80 Å². The lowest BCUT2D eigenvalue weighted by molar-refractivity contribution is -0.105. The highest BCUT2D eigenvalue weighted by atomic mass is 16.5. The summed E-state index contributed by atoms with van der Waals surface area (Å²) in [6.07, 6.45) is 1.50. The normalized spacial score (nSPS) is 29.3. The van der Waals surface area contributed by atoms with Gasteiger partial charge in [0.2, 0.25) is 0 Å². The van der Waals surface area contributed by atoms with Crippen LogP contribution in [0.4, 0.5) is 0 Å². The number of ether oxygens (including phenoxy) is 4. The van der Waals surface area contributed by atoms with Crippen LogP contribution >= 0.6 is 0 Å². The van der Waals surface area contributed by atoms with Gasteiger partial charge >= 0.3 is 0 Å². The summed E-state index contributed by atoms with van der Waals surface area (Å²) >= 11 is 0. The molecule has 0 spiro atoms. The minimum absolute atomic E-state index is 0.0458. The maximum atomic E-state index is 10.7. The van der Waals surface area contributed by atoms with Crippen molar-refractivity contribution in [2.75, 3.05) is 42.1 Å². The van der Waals surface area contributed by atoms with E-state index >= 15 is 0 Å². The second-order valence-corrected chi connectivity index (χ2v) is 9.80. The topological polar surface area (TPSA) is 87.4 Å². The lowest BCUT2D eigenvalue weighted by Gasteiger charge is -2.62. The second kappa shape index (κ2) is 8.59. The van der Waals surface area contributed by atoms with E-state index < -0.39 is 6.04 Å². The Morgan fingerprint density at radius 3 is 2.09 bits per heavy atom. The molecule has 2 aromatic rings. The van der Waals surface area contributed by atoms with Crippen LogP contribution in [0.1, 0.15) is 47.7 Å². The molecule has 8 nitrogen and oxygen atoms in total. The quantitative estimate of drug-likeness (QED) is 0.700. The van der Waals surface area contributed by atoms with Gasteiger partial charge in [-0.1, -0.05) is 0 Å². The number of benzene rings is 2. The molecule has 1 saturated heterocycles. The van der Waals surface area contributed by atoms with E-state index in [-0.39, 0.29) is 30.3 Å². The molecule has 4 aliphatic heterocycles. The van der Waals surface area contributed by atoms with E-state index in [0.29, 0.717) is 29.4 Å². The van der Waals surface area contributed by atoms with Crippen LogP contribution in [-0.4, -0.2) is 69.1 Å². The Kier molecular flexibility index (Phi) is 5.83. The van der Waals surface area contributed by atoms with Crippen LogP contribution in [0.25, 0.3) is 0 Å². The van der Waals surface area contributed by atoms with Gasteiger partial charge in [-0.2, -0.15) is 5.26 Å². The third-order valence-electron chi connectivity index (χ3n) is 8.51. The van der Waals surface area contributed by atoms with Crippen LogP contribution in [0.3, 0.4) is 0 Å². The number of nitrogens with zero attached hydrogens (tertiary/aromatic N) is 3. The Morgan fingerprint density at radius 2 is 1.54 bits per heavy atom. The Morgan fingerprint density at radius 1 is 0.971 bits per heavy atom. The molecule has 0 amide bonds. The first kappa shape index (κ1) is 23.7. The zero-order chi connectivity index (χ0) is 25.1. The van der Waals surface area contributed by atoms with E-state index in [1.165, 1.54) is 5.56 Å². The van der Waals surface area contributed by atoms with E-state index in [0.717, 1.165) is 23.1 Å². The fourth-order valence-electron chi connectivity index (χ4n) is 6.52. The van der Waals surface area contributed by atoms with Crippen LogP contribution in [0.2, 0.25) is 0 Å². The molecule has 5 atom stereocenters. The maximum absolute atomic E-state index is 10.7. The molecule has 8 heteroatoms. The van der Waals surface area contributed by atoms with Crippen molar-refractivity contribution in [1.82, 2.24) is 9.80 Å². The molecule has 186 valence electrons. The van der Waals surface area contributed by atoms with Gasteiger partial charge in [0.25, 0.3) is 0 Å². The fourth-order valence-corrected chi connectivity index (χ4v) is 6.52. The first-order valence-electron chi connectivity index (χ1n) is 11.9. The molecule has 0 aromatic heterocycles. The Labute approximate surface area is 206 Å². The number of hydrogen-bond acceptors (Lipinski definition) is 8. The number of aliphatic hydroxyl groups excluding tert-OH is 1. The number of methoxy groups -OCH3 is 4. The zero-order valence-electron chi connectivity index (χ0n) is 21.2. The van der Waals surface area contributed by atoms with Gasteiger partial charge in [-0.25, -0.2) is 0 Å². The molecule has 0 saturated carbocycles. The predicted octanol–water partition coefficient (Wildman–Crippen LogP) is 3.18. The lowest BCUT2D eigenvalue weighted by atomic mass is 9.66. The number of hydrogen-bond donors (Lipinski definition) is 1. The first-order valence-corrected chi connectivity index (χ1v) is 11.9. The van der Waals surface area contributed by atoms with Gasteiger partial charge < -0.3 is 24.1 Å². The highest BCUT2D eigenvalue weighted by Gasteiger charge is 2.57. The van der Waals surface area contributed by atoms with Gasteiger partial charge in [-0.15, -0.1) is 0 Å². The number of rotatable bonds is 5. The predicted molar refractivity (Wildman–Crippen MR) is 130 cm³/mol. The second-order valence-electron chi connectivity index (χ2n) is 9.80. The van der Waals surface area contributed by atoms with Crippen molar-refractivity contribution >= 4 is 0 Å². The number of aliphatic hydroxyl groups is 1. The summed E-state index contributed by atoms with van der Waals surface area (Å²) in [5.74, 6) is 2.61. The fraction of sp³-hybridized carbons (Fsp3) is 0.519. The molecule has 35 heavy (non-hydrogen) atoms. The van der Waals surface area contributed by atoms with Crippen molar-refractivity contribution in [3.8, 4) is 29.1 Å². The van der Waals surface area contributed by atoms with Gasteiger partial charge in [0, 0.05) is 17.6 Å². The van der Waals surface area contributed by atoms with Crippen molar-refractivity contribution in [2.45, 2.75) is 49.5 Å². The molecule has 5 unspecified atom stereocenters. The standard InChI is InChI=1S/C27H33N3O5/c1-27-12-20(29(27)2)21(13-28)30-19(17-10-25(34-5)26(35-6)11-18(17)27)7-15-8-23(32-3)24(33-4)9-16(15)22(30)14-31/h8-11,19-22,31H,7,12,14H2,1-6H3. The van der Waals surface area contributed by atoms with Crippen LogP contribution in [-0.2, 0) is 12.0 Å². The van der Waals surface area contributed by atoms with E-state index in [9.17, 15) is 10.4 Å². The third kappa shape index (κ3) is 3.22. The van der Waals surface area contributed by atoms with Gasteiger partial charge in [0.05, 0.1) is 47.2 Å². The van der Waals surface area contributed by atoms with Gasteiger partial charge in [0.15, 0.2) is 23.0 Å². The average molecular weight is 480 g/mol. The highest BCUT2D eigenvalue weighted by Crippen LogP contribution is 2.56. The monoisotopic (exact) mass is 479 g/mol. The van der Waals surface area contributed by atoms with Crippen LogP contribution in [0.5, 0.6) is 23.0 Å². The minimum Gasteiger partial charge on any atom is -0.493 e. The van der Waals surface area contributed by atoms with Gasteiger partial charge in [-0.05, 0) is 73.3 Å². The van der Waals surface area contributed by atoms with Crippen LogP contribution in [0.15, 0.2) is 24.3 Å². The third-order valence-corrected chi connectivity index (χ3v) is 8.51. The van der Waals surface area contributed by atoms with Crippen molar-refractivity contribution in [3.63, 3.8) is 0 Å². The number of likely N-dealkylation sites (N-methyl/N-ethyl adjacent to an activating group) is 1. The number of fused-ring (bicyclic) bond motifs is 1. The summed E-state index contributed by atoms with van der Waals surface area (Å²) in [4.78, 5) is 4.50. The summed E-state index contributed by atoms with van der Waals surface area (Å²) in [6, 6.07) is 9.84. The van der Waals surface area contributed by atoms with Gasteiger partial charge in [0.1, 0.15) is 6.04 Å². The molecule has 4 heterocycles. The zero-order valence-corrected chi connectivity index (χ0v) is 21.2. The van der Waals surface area contributed by atoms with E-state index in [2.05, 4.69) is 42.0 Å². The SMILES string of the molecule is COc1cc2c(cc1OC)C(CO)N1C(C2)c2cc(OC)c(OC)cc2C2(C)CC(C1C#N)N2C. The molecule has 6 rings (SSSR count). The molecule has 0 aliphatic carbocycles. The van der Waals surface area contributed by atoms with Crippen molar-refractivity contribution < 1.29 is 24.1 Å². The number of nitriles is 1. The Balaban J connectivity index is 1.78. The molecule has 2 aromatic carbocycles. The Bertz CT molecular complexity index is 1190. The first-order chi connectivity index (χ1) is 16.9. The summed E-state index contributed by atoms with van der Waals surface area (Å²) in [6.45, 7) is 2.11. The molecule has 2 bridgehead atoms. The molecular weight excluding hydrogens is 446 g/mol. The smallest absolute Gasteiger partial charge is 0.161 e. The molecular formula is C27H33N3O5. The molecule has 0 radical (unpaired) electrons. The largest absolute Gasteiger partial charge is 0.493 e. The summed E-state index contributed by atoms with van der Waals surface area (Å²) in [5, 5.41) is 21.1. The Hall–Kier alpha value is -2.99. The van der Waals surface area contributed by atoms with Crippen LogP contribution in [0, 0.1) is 11.3 Å². The average Bonchev–Trinajstić information content (AvgIpc) is 2.89. The van der Waals surface area contributed by atoms with E-state index in [4.69, 9.17) is 18.9 Å². The molecule has 1 N–H and O–H groups in total. The van der Waals surface area contributed by atoms with Crippen molar-refractivity contribution in [3.05, 3.63) is 46.5 Å². The molecule has 4 aliphatic rings. The van der Waals surface area contributed by atoms with E-state index in [1.807, 2.05) is 12.1 Å². The van der Waals surface area contributed by atoms with Crippen LogP contribution < -0.4 is 18.9 Å². The van der Waals surface area contributed by atoms with Crippen molar-refractivity contribution in [2.24, 2.45) is 0 Å². The molecule has 1 fully saturated rings. The maximum Gasteiger partial charge on any atom is 0.161 e. The summed E-state index contributed by atoms with van der Waals surface area (Å²) in [7, 11) is 8.61. The minimum atomic E-state index is -0.391. The van der Waals surface area contributed by atoms with Crippen molar-refractivity contribution in [1.29, 1.82) is 5.26 Å². The summed E-state index contributed by atoms with van der Waals surface area (Å²) in [5.41, 5.74) is 4.07. The van der Waals surface area contributed by atoms with E-state index in [1.54, 1.807) is 28.4 Å².